The highest BCUT2D eigenvalue weighted by Crippen LogP contribution is 2.26. The van der Waals surface area contributed by atoms with Crippen LogP contribution in [-0.4, -0.2) is 32.0 Å². The number of carboxylic acids is 1. The average molecular weight is 400 g/mol. The van der Waals surface area contributed by atoms with E-state index in [1.54, 1.807) is 24.3 Å². The van der Waals surface area contributed by atoms with Gasteiger partial charge in [-0.25, -0.2) is 18.4 Å². The van der Waals surface area contributed by atoms with Crippen molar-refractivity contribution >= 4 is 38.4 Å². The molecule has 3 rings (SSSR count). The lowest BCUT2D eigenvalue weighted by atomic mass is 10.1. The molecular weight excluding hydrogens is 384 g/mol. The molecule has 3 aromatic rings. The number of rotatable bonds is 6. The molecule has 0 saturated heterocycles. The van der Waals surface area contributed by atoms with Gasteiger partial charge in [-0.15, -0.1) is 0 Å². The van der Waals surface area contributed by atoms with Gasteiger partial charge in [0.25, 0.3) is 5.91 Å². The largest absolute Gasteiger partial charge is 0.483 e. The topological polar surface area (TPSA) is 136 Å². The number of hydrogen-bond donors (Lipinski definition) is 3. The van der Waals surface area contributed by atoms with Crippen molar-refractivity contribution in [3.63, 3.8) is 0 Å². The van der Waals surface area contributed by atoms with Crippen molar-refractivity contribution < 1.29 is 27.9 Å². The standard InChI is InChI=1S/C19H16N2O6S/c20-28(25,26)15-7-5-14(6-8-15)21-18(22)11-27-17-10-13-4-2-1-3-12(13)9-16(17)19(23)24/h1-10H,11H2,(H,21,22)(H,23,24)(H2,20,25,26). The molecule has 0 aliphatic rings. The zero-order valence-corrected chi connectivity index (χ0v) is 15.3. The number of ether oxygens (including phenoxy) is 1. The monoisotopic (exact) mass is 400 g/mol. The number of carbonyl (C=O) groups is 2. The maximum absolute atomic E-state index is 12.1. The van der Waals surface area contributed by atoms with Crippen molar-refractivity contribution in [1.29, 1.82) is 0 Å². The summed E-state index contributed by atoms with van der Waals surface area (Å²) >= 11 is 0. The van der Waals surface area contributed by atoms with E-state index in [9.17, 15) is 23.1 Å². The SMILES string of the molecule is NS(=O)(=O)c1ccc(NC(=O)COc2cc3ccccc3cc2C(=O)O)cc1. The first-order chi connectivity index (χ1) is 13.2. The number of carboxylic acid groups (broad SMARTS) is 1. The second kappa shape index (κ2) is 7.67. The molecule has 8 nitrogen and oxygen atoms in total. The van der Waals surface area contributed by atoms with Gasteiger partial charge in [0.1, 0.15) is 11.3 Å². The highest BCUT2D eigenvalue weighted by Gasteiger charge is 2.15. The molecule has 0 saturated carbocycles. The van der Waals surface area contributed by atoms with E-state index in [0.717, 1.165) is 10.8 Å². The van der Waals surface area contributed by atoms with E-state index >= 15 is 0 Å². The van der Waals surface area contributed by atoms with E-state index in [-0.39, 0.29) is 16.2 Å². The molecule has 0 aliphatic carbocycles. The Hall–Kier alpha value is -3.43. The van der Waals surface area contributed by atoms with Gasteiger partial charge in [0.15, 0.2) is 6.61 Å². The molecule has 144 valence electrons. The second-order valence-corrected chi connectivity index (χ2v) is 7.47. The number of aromatic carboxylic acids is 1. The molecule has 0 aliphatic heterocycles. The van der Waals surface area contributed by atoms with Gasteiger partial charge >= 0.3 is 5.97 Å². The van der Waals surface area contributed by atoms with Crippen LogP contribution in [0.4, 0.5) is 5.69 Å². The Morgan fingerprint density at radius 3 is 2.18 bits per heavy atom. The van der Waals surface area contributed by atoms with Crippen LogP contribution in [0.15, 0.2) is 65.6 Å². The highest BCUT2D eigenvalue weighted by molar-refractivity contribution is 7.89. The molecule has 9 heteroatoms. The number of nitrogens with one attached hydrogen (secondary N) is 1. The number of anilines is 1. The van der Waals surface area contributed by atoms with Crippen molar-refractivity contribution in [3.8, 4) is 5.75 Å². The van der Waals surface area contributed by atoms with Gasteiger partial charge in [-0.2, -0.15) is 0 Å². The third-order valence-electron chi connectivity index (χ3n) is 3.90. The van der Waals surface area contributed by atoms with Crippen LogP contribution in [0.3, 0.4) is 0 Å². The van der Waals surface area contributed by atoms with E-state index in [4.69, 9.17) is 9.88 Å². The summed E-state index contributed by atoms with van der Waals surface area (Å²) in [6.45, 7) is -0.421. The van der Waals surface area contributed by atoms with Crippen molar-refractivity contribution in [2.75, 3.05) is 11.9 Å². The fraction of sp³-hybridized carbons (Fsp3) is 0.0526. The number of amides is 1. The van der Waals surface area contributed by atoms with E-state index in [2.05, 4.69) is 5.32 Å². The zero-order valence-electron chi connectivity index (χ0n) is 14.5. The van der Waals surface area contributed by atoms with Gasteiger partial charge in [-0.05, 0) is 47.2 Å². The van der Waals surface area contributed by atoms with Crippen LogP contribution in [0.25, 0.3) is 10.8 Å². The van der Waals surface area contributed by atoms with E-state index < -0.39 is 28.5 Å². The van der Waals surface area contributed by atoms with E-state index in [0.29, 0.717) is 5.69 Å². The first kappa shape index (κ1) is 19.3. The Balaban J connectivity index is 1.72. The Morgan fingerprint density at radius 2 is 1.61 bits per heavy atom. The van der Waals surface area contributed by atoms with Gasteiger partial charge < -0.3 is 15.2 Å². The van der Waals surface area contributed by atoms with Gasteiger partial charge in [-0.1, -0.05) is 24.3 Å². The summed E-state index contributed by atoms with van der Waals surface area (Å²) in [4.78, 5) is 23.5. The highest BCUT2D eigenvalue weighted by atomic mass is 32.2. The van der Waals surface area contributed by atoms with E-state index in [1.165, 1.54) is 30.3 Å². The second-order valence-electron chi connectivity index (χ2n) is 5.91. The minimum Gasteiger partial charge on any atom is -0.483 e. The quantitative estimate of drug-likeness (QED) is 0.580. The van der Waals surface area contributed by atoms with E-state index in [1.807, 2.05) is 6.07 Å². The van der Waals surface area contributed by atoms with Gasteiger partial charge in [0.05, 0.1) is 4.90 Å². The summed E-state index contributed by atoms with van der Waals surface area (Å²) in [5.41, 5.74) is 0.293. The van der Waals surface area contributed by atoms with Gasteiger partial charge in [0.2, 0.25) is 10.0 Å². The minimum absolute atomic E-state index is 0.0518. The summed E-state index contributed by atoms with van der Waals surface area (Å²) in [7, 11) is -3.82. The summed E-state index contributed by atoms with van der Waals surface area (Å²) in [5.74, 6) is -1.63. The van der Waals surface area contributed by atoms with Crippen LogP contribution >= 0.6 is 0 Å². The van der Waals surface area contributed by atoms with Crippen LogP contribution in [-0.2, 0) is 14.8 Å². The maximum Gasteiger partial charge on any atom is 0.339 e. The third-order valence-corrected chi connectivity index (χ3v) is 4.83. The van der Waals surface area contributed by atoms with Crippen LogP contribution in [0.5, 0.6) is 5.75 Å². The zero-order chi connectivity index (χ0) is 20.3. The molecule has 0 heterocycles. The predicted octanol–water partition coefficient (Wildman–Crippen LogP) is 2.20. The first-order valence-corrected chi connectivity index (χ1v) is 9.60. The maximum atomic E-state index is 12.1. The Labute approximate surface area is 160 Å². The Kier molecular flexibility index (Phi) is 5.30. The summed E-state index contributed by atoms with van der Waals surface area (Å²) < 4.78 is 27.9. The fourth-order valence-corrected chi connectivity index (χ4v) is 3.09. The third kappa shape index (κ3) is 4.45. The van der Waals surface area contributed by atoms with Crippen molar-refractivity contribution in [2.24, 2.45) is 5.14 Å². The molecule has 4 N–H and O–H groups in total. The Bertz CT molecular complexity index is 1160. The molecule has 0 spiro atoms. The number of sulfonamides is 1. The average Bonchev–Trinajstić information content (AvgIpc) is 2.65. The molecule has 1 amide bonds. The number of nitrogens with two attached hydrogens (primary N) is 1. The van der Waals surface area contributed by atoms with Crippen molar-refractivity contribution in [2.45, 2.75) is 4.90 Å². The Morgan fingerprint density at radius 1 is 1.00 bits per heavy atom. The number of benzene rings is 3. The number of fused-ring (bicyclic) bond motifs is 1. The first-order valence-electron chi connectivity index (χ1n) is 8.05. The molecular formula is C19H16N2O6S. The number of primary sulfonamides is 1. The molecule has 0 fully saturated rings. The summed E-state index contributed by atoms with van der Waals surface area (Å²) in [5, 5.41) is 18.4. The van der Waals surface area contributed by atoms with Crippen molar-refractivity contribution in [1.82, 2.24) is 0 Å². The van der Waals surface area contributed by atoms with Crippen LogP contribution in [0.2, 0.25) is 0 Å². The molecule has 3 aromatic carbocycles. The lowest BCUT2D eigenvalue weighted by Crippen LogP contribution is -2.21. The number of carbonyl (C=O) groups excluding carboxylic acids is 1. The molecule has 28 heavy (non-hydrogen) atoms. The molecule has 0 atom stereocenters. The van der Waals surface area contributed by atoms with Crippen LogP contribution in [0.1, 0.15) is 10.4 Å². The fourth-order valence-electron chi connectivity index (χ4n) is 2.57. The number of hydrogen-bond acceptors (Lipinski definition) is 5. The van der Waals surface area contributed by atoms with Gasteiger partial charge in [0, 0.05) is 5.69 Å². The van der Waals surface area contributed by atoms with Gasteiger partial charge in [-0.3, -0.25) is 4.79 Å². The molecule has 0 aromatic heterocycles. The summed E-state index contributed by atoms with van der Waals surface area (Å²) in [6, 6.07) is 15.5. The molecule has 0 bridgehead atoms. The smallest absolute Gasteiger partial charge is 0.339 e. The lowest BCUT2D eigenvalue weighted by Gasteiger charge is -2.11. The van der Waals surface area contributed by atoms with Crippen LogP contribution < -0.4 is 15.2 Å². The van der Waals surface area contributed by atoms with Crippen LogP contribution in [0, 0.1) is 0 Å². The van der Waals surface area contributed by atoms with Crippen molar-refractivity contribution in [3.05, 3.63) is 66.2 Å². The normalized spacial score (nSPS) is 11.2. The minimum atomic E-state index is -3.82. The molecule has 0 radical (unpaired) electrons. The summed E-state index contributed by atoms with van der Waals surface area (Å²) in [6.07, 6.45) is 0. The molecule has 0 unspecified atom stereocenters. The predicted molar refractivity (Wildman–Crippen MR) is 103 cm³/mol. The lowest BCUT2D eigenvalue weighted by molar-refractivity contribution is -0.118.